The van der Waals surface area contributed by atoms with E-state index in [1.807, 2.05) is 0 Å². The van der Waals surface area contributed by atoms with Crippen molar-refractivity contribution in [2.45, 2.75) is 6.92 Å². The molecule has 26 heavy (non-hydrogen) atoms. The first-order valence-corrected chi connectivity index (χ1v) is 8.53. The van der Waals surface area contributed by atoms with Crippen LogP contribution in [0, 0.1) is 6.92 Å². The molecule has 1 N–H and O–H groups in total. The third kappa shape index (κ3) is 5.28. The third-order valence-electron chi connectivity index (χ3n) is 3.42. The number of thiazole rings is 1. The Kier molecular flexibility index (Phi) is 6.67. The van der Waals surface area contributed by atoms with Crippen molar-refractivity contribution in [3.8, 4) is 5.75 Å². The number of aryl methyl sites for hydroxylation is 1. The van der Waals surface area contributed by atoms with Gasteiger partial charge in [-0.1, -0.05) is 6.07 Å². The molecule has 0 aliphatic rings. The molecule has 0 saturated carbocycles. The van der Waals surface area contributed by atoms with Gasteiger partial charge in [-0.25, -0.2) is 9.78 Å². The van der Waals surface area contributed by atoms with Gasteiger partial charge in [-0.15, -0.1) is 11.3 Å². The van der Waals surface area contributed by atoms with Crippen LogP contribution < -0.4 is 10.1 Å². The summed E-state index contributed by atoms with van der Waals surface area (Å²) >= 11 is 1.15. The molecule has 0 radical (unpaired) electrons. The summed E-state index contributed by atoms with van der Waals surface area (Å²) in [5, 5.41) is 2.67. The lowest BCUT2D eigenvalue weighted by molar-refractivity contribution is -0.136. The second-order valence-corrected chi connectivity index (χ2v) is 6.23. The van der Waals surface area contributed by atoms with Gasteiger partial charge in [-0.3, -0.25) is 9.59 Å². The first-order valence-electron chi connectivity index (χ1n) is 7.65. The number of hydrogen-bond acceptors (Lipinski definition) is 7. The van der Waals surface area contributed by atoms with Gasteiger partial charge in [0.2, 0.25) is 5.91 Å². The predicted octanol–water partition coefficient (Wildman–Crippen LogP) is 1.71. The van der Waals surface area contributed by atoms with Crippen LogP contribution in [0.25, 0.3) is 0 Å². The number of rotatable bonds is 7. The number of amides is 2. The van der Waals surface area contributed by atoms with Crippen molar-refractivity contribution in [3.63, 3.8) is 0 Å². The molecule has 0 aliphatic heterocycles. The highest BCUT2D eigenvalue weighted by molar-refractivity contribution is 7.11. The number of carbonyl (C=O) groups is 3. The van der Waals surface area contributed by atoms with Crippen molar-refractivity contribution in [1.29, 1.82) is 0 Å². The zero-order chi connectivity index (χ0) is 19.1. The van der Waals surface area contributed by atoms with Crippen molar-refractivity contribution in [2.75, 3.05) is 32.6 Å². The van der Waals surface area contributed by atoms with Gasteiger partial charge in [0.15, 0.2) is 6.61 Å². The average molecular weight is 377 g/mol. The maximum atomic E-state index is 12.0. The summed E-state index contributed by atoms with van der Waals surface area (Å²) in [5.41, 5.74) is 2.64. The Morgan fingerprint density at radius 1 is 1.31 bits per heavy atom. The Hall–Kier alpha value is -2.94. The highest BCUT2D eigenvalue weighted by atomic mass is 32.1. The van der Waals surface area contributed by atoms with Gasteiger partial charge >= 0.3 is 5.97 Å². The predicted molar refractivity (Wildman–Crippen MR) is 96.4 cm³/mol. The van der Waals surface area contributed by atoms with E-state index in [0.29, 0.717) is 22.0 Å². The number of benzene rings is 1. The van der Waals surface area contributed by atoms with Gasteiger partial charge in [0.25, 0.3) is 5.91 Å². The van der Waals surface area contributed by atoms with Gasteiger partial charge in [0, 0.05) is 18.8 Å². The Balaban J connectivity index is 1.81. The number of carbonyl (C=O) groups excluding carboxylic acids is 3. The summed E-state index contributed by atoms with van der Waals surface area (Å²) < 4.78 is 10.1. The maximum absolute atomic E-state index is 12.0. The zero-order valence-corrected chi connectivity index (χ0v) is 15.5. The Labute approximate surface area is 154 Å². The second kappa shape index (κ2) is 8.95. The van der Waals surface area contributed by atoms with Gasteiger partial charge in [0.1, 0.15) is 10.6 Å². The second-order valence-electron chi connectivity index (χ2n) is 5.37. The number of anilines is 1. The van der Waals surface area contributed by atoms with Crippen LogP contribution in [0.5, 0.6) is 5.75 Å². The minimum absolute atomic E-state index is 0.173. The fourth-order valence-corrected chi connectivity index (χ4v) is 2.70. The molecule has 0 unspecified atom stereocenters. The van der Waals surface area contributed by atoms with Crippen LogP contribution in [0.2, 0.25) is 0 Å². The lowest BCUT2D eigenvalue weighted by Crippen LogP contribution is -2.37. The van der Waals surface area contributed by atoms with E-state index < -0.39 is 18.5 Å². The van der Waals surface area contributed by atoms with Gasteiger partial charge in [-0.2, -0.15) is 0 Å². The van der Waals surface area contributed by atoms with E-state index in [-0.39, 0.29) is 12.5 Å². The van der Waals surface area contributed by atoms with Crippen LogP contribution in [0.1, 0.15) is 15.4 Å². The van der Waals surface area contributed by atoms with Crippen molar-refractivity contribution < 1.29 is 23.9 Å². The van der Waals surface area contributed by atoms with Crippen molar-refractivity contribution >= 4 is 34.8 Å². The van der Waals surface area contributed by atoms with Gasteiger partial charge in [-0.05, 0) is 19.1 Å². The number of nitrogens with one attached hydrogen (secondary N) is 1. The highest BCUT2D eigenvalue weighted by Gasteiger charge is 2.18. The van der Waals surface area contributed by atoms with Crippen LogP contribution in [0.3, 0.4) is 0 Å². The first kappa shape index (κ1) is 19.4. The van der Waals surface area contributed by atoms with Crippen LogP contribution in [-0.4, -0.2) is 55.0 Å². The topological polar surface area (TPSA) is 97.8 Å². The summed E-state index contributed by atoms with van der Waals surface area (Å²) in [7, 11) is 2.99. The summed E-state index contributed by atoms with van der Waals surface area (Å²) in [4.78, 5) is 41.4. The van der Waals surface area contributed by atoms with Crippen LogP contribution in [-0.2, 0) is 14.3 Å². The largest absolute Gasteiger partial charge is 0.497 e. The Morgan fingerprint density at radius 3 is 2.73 bits per heavy atom. The lowest BCUT2D eigenvalue weighted by Gasteiger charge is -2.16. The number of aromatic nitrogens is 1. The zero-order valence-electron chi connectivity index (χ0n) is 14.6. The molecule has 0 fully saturated rings. The molecule has 0 aliphatic carbocycles. The van der Waals surface area contributed by atoms with Gasteiger partial charge in [0.05, 0.1) is 24.9 Å². The average Bonchev–Trinajstić information content (AvgIpc) is 3.05. The number of methoxy groups -OCH3 is 1. The van der Waals surface area contributed by atoms with E-state index >= 15 is 0 Å². The molecule has 0 atom stereocenters. The summed E-state index contributed by atoms with van der Waals surface area (Å²) in [6.45, 7) is 1.07. The smallest absolute Gasteiger partial charge is 0.350 e. The van der Waals surface area contributed by atoms with Crippen LogP contribution in [0.4, 0.5) is 5.69 Å². The standard InChI is InChI=1S/C17H19N3O5S/c1-11-16(26-10-18-11)17(23)25-9-15(22)20(2)8-14(21)19-12-5-4-6-13(7-12)24-3/h4-7,10H,8-9H2,1-3H3,(H,19,21). The highest BCUT2D eigenvalue weighted by Crippen LogP contribution is 2.16. The molecule has 1 aromatic carbocycles. The molecule has 1 heterocycles. The number of nitrogens with zero attached hydrogens (tertiary/aromatic N) is 2. The van der Waals surface area contributed by atoms with E-state index in [0.717, 1.165) is 11.3 Å². The SMILES string of the molecule is COc1cccc(NC(=O)CN(C)C(=O)COC(=O)c2scnc2C)c1. The Bertz CT molecular complexity index is 805. The van der Waals surface area contributed by atoms with Crippen LogP contribution in [0.15, 0.2) is 29.8 Å². The number of hydrogen-bond donors (Lipinski definition) is 1. The molecule has 0 bridgehead atoms. The molecule has 0 spiro atoms. The summed E-state index contributed by atoms with van der Waals surface area (Å²) in [6, 6.07) is 6.87. The number of likely N-dealkylation sites (N-methyl/N-ethyl adjacent to an activating group) is 1. The maximum Gasteiger partial charge on any atom is 0.350 e. The molecule has 1 aromatic heterocycles. The molecular weight excluding hydrogens is 358 g/mol. The fraction of sp³-hybridized carbons (Fsp3) is 0.294. The van der Waals surface area contributed by atoms with Crippen molar-refractivity contribution in [3.05, 3.63) is 40.3 Å². The van der Waals surface area contributed by atoms with E-state index in [4.69, 9.17) is 9.47 Å². The number of ether oxygens (including phenoxy) is 2. The Morgan fingerprint density at radius 2 is 2.08 bits per heavy atom. The van der Waals surface area contributed by atoms with E-state index in [1.165, 1.54) is 24.6 Å². The molecule has 9 heteroatoms. The molecule has 2 aromatic rings. The van der Waals surface area contributed by atoms with E-state index in [1.54, 1.807) is 31.2 Å². The molecule has 2 amide bonds. The lowest BCUT2D eigenvalue weighted by atomic mass is 10.3. The molecule has 2 rings (SSSR count). The molecule has 138 valence electrons. The quantitative estimate of drug-likeness (QED) is 0.738. The van der Waals surface area contributed by atoms with E-state index in [2.05, 4.69) is 10.3 Å². The van der Waals surface area contributed by atoms with Gasteiger partial charge < -0.3 is 19.7 Å². The molecule has 8 nitrogen and oxygen atoms in total. The first-order chi connectivity index (χ1) is 12.4. The molecular formula is C17H19N3O5S. The van der Waals surface area contributed by atoms with Crippen molar-refractivity contribution in [1.82, 2.24) is 9.88 Å². The molecule has 0 saturated heterocycles. The van der Waals surface area contributed by atoms with E-state index in [9.17, 15) is 14.4 Å². The fourth-order valence-electron chi connectivity index (χ4n) is 2.01. The summed E-state index contributed by atoms with van der Waals surface area (Å²) in [5.74, 6) is -0.856. The van der Waals surface area contributed by atoms with Crippen LogP contribution >= 0.6 is 11.3 Å². The third-order valence-corrected chi connectivity index (χ3v) is 4.33. The minimum Gasteiger partial charge on any atom is -0.497 e. The normalized spacial score (nSPS) is 10.1. The summed E-state index contributed by atoms with van der Waals surface area (Å²) in [6.07, 6.45) is 0. The van der Waals surface area contributed by atoms with Crippen molar-refractivity contribution in [2.24, 2.45) is 0 Å². The monoisotopic (exact) mass is 377 g/mol. The minimum atomic E-state index is -0.604. The number of esters is 1.